The van der Waals surface area contributed by atoms with E-state index < -0.39 is 187 Å². The zero-order valence-corrected chi connectivity index (χ0v) is 52.1. The lowest BCUT2D eigenvalue weighted by Gasteiger charge is -2.36. The second-order valence-electron chi connectivity index (χ2n) is 23.0. The van der Waals surface area contributed by atoms with Crippen molar-refractivity contribution in [2.75, 3.05) is 27.2 Å². The van der Waals surface area contributed by atoms with E-state index in [-0.39, 0.29) is 24.8 Å². The number of carbonyl (C=O) groups is 12. The van der Waals surface area contributed by atoms with E-state index in [4.69, 9.17) is 27.8 Å². The third-order valence-electron chi connectivity index (χ3n) is 15.5. The van der Waals surface area contributed by atoms with Gasteiger partial charge < -0.3 is 78.8 Å². The second-order valence-corrected chi connectivity index (χ2v) is 23.6. The van der Waals surface area contributed by atoms with Gasteiger partial charge in [0, 0.05) is 32.5 Å². The number of alkyl halides is 1. The van der Waals surface area contributed by atoms with Crippen molar-refractivity contribution in [3.05, 3.63) is 11.8 Å². The Hall–Kier alpha value is -6.45. The Labute approximate surface area is 504 Å². The monoisotopic (exact) mass is 1220 g/mol. The molecule has 0 saturated carbocycles. The standard InChI is InChI=1S/C57H97ClN12O15/c1-12-35(58)23-20-18-16-14-15-17-19-22-32(7)45-48(75)55(82)66-44(31(5)6)52(79)62-36(13-2)50(77)68-46(33(8)71)54(81)65-43(30(3)4)53(80)63-37(25-26-40(59)72)49(76)61-29-42(74)64-47(34(9)85-11)57(84)69(10)39(28-41(60)73)56(83)70-27-21-24-38(70)51(78)67-45/h13,30-35,37-39,43-48,71,75H,12,14-29H2,1-11H3,(H2,59,72)(H2,60,73)(H,61,76)(H,62,79)(H,63,80)(H,64,74)(H,65,81)(H,66,82)(H,67,78)(H,68,77). The third kappa shape index (κ3) is 24.1. The Morgan fingerprint density at radius 2 is 1.27 bits per heavy atom. The van der Waals surface area contributed by atoms with Crippen molar-refractivity contribution in [1.82, 2.24) is 52.3 Å². The number of nitrogens with one attached hydrogen (secondary N) is 8. The first-order valence-electron chi connectivity index (χ1n) is 29.7. The van der Waals surface area contributed by atoms with E-state index in [1.54, 1.807) is 20.8 Å². The number of unbranched alkanes of at least 4 members (excludes halogenated alkanes) is 6. The lowest BCUT2D eigenvalue weighted by Crippen LogP contribution is -2.62. The number of fused-ring (bicyclic) bond motifs is 1. The predicted octanol–water partition coefficient (Wildman–Crippen LogP) is -0.743. The van der Waals surface area contributed by atoms with E-state index in [9.17, 15) is 67.7 Å². The van der Waals surface area contributed by atoms with Crippen LogP contribution in [0.2, 0.25) is 0 Å². The molecular formula is C57H97ClN12O15. The largest absolute Gasteiger partial charge is 0.391 e. The fraction of sp³-hybridized carbons (Fsp3) is 0.754. The van der Waals surface area contributed by atoms with Crippen molar-refractivity contribution in [3.63, 3.8) is 0 Å². The molecule has 0 bridgehead atoms. The highest BCUT2D eigenvalue weighted by Crippen LogP contribution is 2.25. The summed E-state index contributed by atoms with van der Waals surface area (Å²) < 4.78 is 5.43. The number of nitrogens with two attached hydrogens (primary N) is 2. The predicted molar refractivity (Wildman–Crippen MR) is 315 cm³/mol. The molecule has 0 aromatic heterocycles. The van der Waals surface area contributed by atoms with Crippen molar-refractivity contribution < 1.29 is 72.5 Å². The number of primary amides is 2. The summed E-state index contributed by atoms with van der Waals surface area (Å²) in [7, 11) is 2.42. The Morgan fingerprint density at radius 1 is 0.706 bits per heavy atom. The van der Waals surface area contributed by atoms with E-state index in [1.807, 2.05) is 0 Å². The fourth-order valence-electron chi connectivity index (χ4n) is 10.00. The van der Waals surface area contributed by atoms with E-state index in [0.29, 0.717) is 12.8 Å². The minimum Gasteiger partial charge on any atom is -0.391 e. The number of nitrogens with zero attached hydrogens (tertiary/aromatic N) is 2. The lowest BCUT2D eigenvalue weighted by atomic mass is 9.90. The van der Waals surface area contributed by atoms with Crippen LogP contribution in [0.25, 0.3) is 0 Å². The van der Waals surface area contributed by atoms with Gasteiger partial charge in [0.1, 0.15) is 48.0 Å². The zero-order chi connectivity index (χ0) is 64.4. The maximum Gasteiger partial charge on any atom is 0.268 e. The maximum absolute atomic E-state index is 14.7. The second kappa shape index (κ2) is 37.2. The van der Waals surface area contributed by atoms with Crippen LogP contribution in [0.4, 0.5) is 0 Å². The number of hydrogen-bond acceptors (Lipinski definition) is 15. The number of halogens is 1. The highest BCUT2D eigenvalue weighted by atomic mass is 35.5. The number of aliphatic hydroxyl groups is 2. The van der Waals surface area contributed by atoms with E-state index >= 15 is 0 Å². The summed E-state index contributed by atoms with van der Waals surface area (Å²) in [5.41, 5.74) is 10.6. The van der Waals surface area contributed by atoms with E-state index in [1.165, 1.54) is 59.8 Å². The number of ether oxygens (including phenoxy) is 1. The van der Waals surface area contributed by atoms with Crippen LogP contribution in [0.1, 0.15) is 159 Å². The molecule has 0 aliphatic carbocycles. The number of methoxy groups -OCH3 is 1. The molecule has 0 aromatic carbocycles. The molecule has 0 spiro atoms. The van der Waals surface area contributed by atoms with Gasteiger partial charge in [-0.1, -0.05) is 92.6 Å². The highest BCUT2D eigenvalue weighted by molar-refractivity contribution is 6.20. The first-order valence-corrected chi connectivity index (χ1v) is 30.1. The Balaban J connectivity index is 2.76. The van der Waals surface area contributed by atoms with Gasteiger partial charge in [0.05, 0.1) is 31.2 Å². The van der Waals surface area contributed by atoms with E-state index in [2.05, 4.69) is 49.5 Å². The van der Waals surface area contributed by atoms with Crippen LogP contribution in [0, 0.1) is 17.8 Å². The summed E-state index contributed by atoms with van der Waals surface area (Å²) in [6.07, 6.45) is 3.98. The molecule has 0 aromatic rings. The van der Waals surface area contributed by atoms with Crippen molar-refractivity contribution in [1.29, 1.82) is 0 Å². The first kappa shape index (κ1) is 74.6. The van der Waals surface area contributed by atoms with Crippen LogP contribution in [-0.4, -0.2) is 190 Å². The topological polar surface area (TPSA) is 409 Å². The normalized spacial score (nSPS) is 26.6. The van der Waals surface area contributed by atoms with Gasteiger partial charge in [-0.15, -0.1) is 11.6 Å². The number of likely N-dealkylation sites (N-methyl/N-ethyl adjacent to an activating group) is 1. The molecule has 13 atom stereocenters. The minimum atomic E-state index is -2.00. The van der Waals surface area contributed by atoms with Crippen molar-refractivity contribution in [2.45, 2.75) is 231 Å². The van der Waals surface area contributed by atoms with Gasteiger partial charge in [0.15, 0.2) is 6.10 Å². The van der Waals surface area contributed by atoms with Gasteiger partial charge in [-0.3, -0.25) is 57.5 Å². The molecule has 14 N–H and O–H groups in total. The summed E-state index contributed by atoms with van der Waals surface area (Å²) in [6, 6.07) is -12.0. The molecular weight excluding hydrogens is 1130 g/mol. The number of aliphatic hydroxyl groups excluding tert-OH is 2. The lowest BCUT2D eigenvalue weighted by molar-refractivity contribution is -0.151. The zero-order valence-electron chi connectivity index (χ0n) is 51.4. The van der Waals surface area contributed by atoms with Gasteiger partial charge in [-0.25, -0.2) is 0 Å². The smallest absolute Gasteiger partial charge is 0.268 e. The van der Waals surface area contributed by atoms with Crippen LogP contribution in [0.15, 0.2) is 11.8 Å². The Bertz CT molecular complexity index is 2340. The number of amides is 12. The molecule has 0 radical (unpaired) electrons. The summed E-state index contributed by atoms with van der Waals surface area (Å²) in [4.78, 5) is 168. The minimum absolute atomic E-state index is 0.0280. The molecule has 13 unspecified atom stereocenters. The Morgan fingerprint density at radius 3 is 1.81 bits per heavy atom. The fourth-order valence-corrected chi connectivity index (χ4v) is 10.2. The average molecular weight is 1230 g/mol. The Kier molecular flexibility index (Phi) is 32.7. The summed E-state index contributed by atoms with van der Waals surface area (Å²) in [5.74, 6) is -13.6. The van der Waals surface area contributed by atoms with Crippen molar-refractivity contribution in [2.24, 2.45) is 29.2 Å². The van der Waals surface area contributed by atoms with Gasteiger partial charge in [-0.05, 0) is 77.0 Å². The molecule has 27 nitrogen and oxygen atoms in total. The number of rotatable bonds is 22. The maximum atomic E-state index is 14.7. The quantitative estimate of drug-likeness (QED) is 0.0361. The summed E-state index contributed by atoms with van der Waals surface area (Å²) in [5, 5.41) is 42.8. The van der Waals surface area contributed by atoms with Gasteiger partial charge in [-0.2, -0.15) is 0 Å². The highest BCUT2D eigenvalue weighted by Gasteiger charge is 2.44. The van der Waals surface area contributed by atoms with Crippen molar-refractivity contribution in [3.8, 4) is 0 Å². The average Bonchev–Trinajstić information content (AvgIpc) is 3.90. The first-order chi connectivity index (χ1) is 39.9. The SMILES string of the molecule is CC=C1NC(=O)C(C(C)C)NC(=O)C(O)C(C(C)CCCCCCCCCC(Cl)CC)NC(=O)C2CCCN2C(=O)C(CC(N)=O)N(C)C(=O)C(C(C)OC)NC(=O)CNC(=O)C(CCC(N)=O)NC(=O)C(C(C)C)NC(=O)C(C(C)O)NC1=O. The molecule has 28 heteroatoms. The van der Waals surface area contributed by atoms with Crippen LogP contribution >= 0.6 is 11.6 Å². The number of carbonyl (C=O) groups excluding carboxylic acids is 12. The molecule has 2 fully saturated rings. The molecule has 2 saturated heterocycles. The molecule has 85 heavy (non-hydrogen) atoms. The molecule has 482 valence electrons. The van der Waals surface area contributed by atoms with Crippen LogP contribution < -0.4 is 54.0 Å². The number of hydrogen-bond donors (Lipinski definition) is 12. The molecule has 2 aliphatic heterocycles. The molecule has 2 heterocycles. The summed E-state index contributed by atoms with van der Waals surface area (Å²) in [6.45, 7) is 13.1. The van der Waals surface area contributed by atoms with Gasteiger partial charge in [0.2, 0.25) is 59.1 Å². The molecule has 2 rings (SSSR count). The van der Waals surface area contributed by atoms with Gasteiger partial charge >= 0.3 is 0 Å². The van der Waals surface area contributed by atoms with E-state index in [0.717, 1.165) is 56.3 Å². The molecule has 12 amide bonds. The van der Waals surface area contributed by atoms with Crippen LogP contribution in [-0.2, 0) is 62.3 Å². The number of allylic oxidation sites excluding steroid dienone is 1. The molecule has 2 aliphatic rings. The van der Waals surface area contributed by atoms with Crippen molar-refractivity contribution >= 4 is 82.5 Å². The summed E-state index contributed by atoms with van der Waals surface area (Å²) >= 11 is 6.28. The van der Waals surface area contributed by atoms with Gasteiger partial charge in [0.25, 0.3) is 11.8 Å². The third-order valence-corrected chi connectivity index (χ3v) is 16.0. The van der Waals surface area contributed by atoms with Crippen LogP contribution in [0.3, 0.4) is 0 Å². The van der Waals surface area contributed by atoms with Crippen LogP contribution in [0.5, 0.6) is 0 Å².